The Balaban J connectivity index is 1.73. The number of rotatable bonds is 5. The number of hydrogen-bond acceptors (Lipinski definition) is 5. The lowest BCUT2D eigenvalue weighted by molar-refractivity contribution is -0.111. The van der Waals surface area contributed by atoms with E-state index >= 15 is 0 Å². The number of nitrogens with zero attached hydrogens (tertiary/aromatic N) is 2. The molecule has 0 bridgehead atoms. The van der Waals surface area contributed by atoms with E-state index in [9.17, 15) is 4.79 Å². The van der Waals surface area contributed by atoms with Gasteiger partial charge in [-0.1, -0.05) is 12.1 Å². The van der Waals surface area contributed by atoms with Crippen molar-refractivity contribution in [3.05, 3.63) is 72.3 Å². The number of aromatic nitrogens is 1. The molecule has 2 aromatic carbocycles. The van der Waals surface area contributed by atoms with Crippen LogP contribution < -0.4 is 10.1 Å². The summed E-state index contributed by atoms with van der Waals surface area (Å²) in [5.41, 5.74) is 2.65. The van der Waals surface area contributed by atoms with Gasteiger partial charge in [0.15, 0.2) is 12.2 Å². The molecule has 1 N–H and O–H groups in total. The summed E-state index contributed by atoms with van der Waals surface area (Å²) in [5.74, 6) is 0.851. The number of methoxy groups -OCH3 is 1. The van der Waals surface area contributed by atoms with Crippen LogP contribution in [0.1, 0.15) is 11.1 Å². The van der Waals surface area contributed by atoms with E-state index in [2.05, 4.69) is 16.4 Å². The summed E-state index contributed by atoms with van der Waals surface area (Å²) in [5, 5.41) is 11.7. The predicted molar refractivity (Wildman–Crippen MR) is 97.3 cm³/mol. The summed E-state index contributed by atoms with van der Waals surface area (Å²) >= 11 is 0. The molecular formula is C20H15N3O3. The molecule has 0 saturated carbocycles. The molecule has 6 heteroatoms. The molecule has 0 unspecified atom stereocenters. The van der Waals surface area contributed by atoms with Crippen LogP contribution in [0.15, 0.2) is 65.5 Å². The number of ether oxygens (including phenoxy) is 1. The van der Waals surface area contributed by atoms with E-state index in [1.54, 1.807) is 55.8 Å². The van der Waals surface area contributed by atoms with Gasteiger partial charge in [0.05, 0.1) is 30.5 Å². The number of amides is 1. The maximum Gasteiger partial charge on any atom is 0.248 e. The first-order chi connectivity index (χ1) is 12.7. The molecule has 3 aromatic rings. The molecule has 0 radical (unpaired) electrons. The first-order valence-electron chi connectivity index (χ1n) is 7.76. The fourth-order valence-corrected chi connectivity index (χ4v) is 2.39. The minimum absolute atomic E-state index is 0.290. The molecule has 1 heterocycles. The minimum atomic E-state index is -0.290. The van der Waals surface area contributed by atoms with Gasteiger partial charge in [-0.25, -0.2) is 4.98 Å². The Morgan fingerprint density at radius 1 is 1.31 bits per heavy atom. The third-order valence-electron chi connectivity index (χ3n) is 3.61. The van der Waals surface area contributed by atoms with E-state index in [-0.39, 0.29) is 5.91 Å². The quantitative estimate of drug-likeness (QED) is 0.709. The van der Waals surface area contributed by atoms with Crippen LogP contribution in [0.25, 0.3) is 17.4 Å². The van der Waals surface area contributed by atoms with Crippen LogP contribution in [0.5, 0.6) is 5.75 Å². The average Bonchev–Trinajstić information content (AvgIpc) is 3.21. The number of nitrogens with one attached hydrogen (secondary N) is 1. The van der Waals surface area contributed by atoms with E-state index in [1.165, 1.54) is 12.5 Å². The van der Waals surface area contributed by atoms with Gasteiger partial charge in [-0.2, -0.15) is 5.26 Å². The normalized spacial score (nSPS) is 10.5. The zero-order chi connectivity index (χ0) is 18.4. The molecule has 26 heavy (non-hydrogen) atoms. The number of oxazole rings is 1. The van der Waals surface area contributed by atoms with Crippen molar-refractivity contribution in [2.75, 3.05) is 12.4 Å². The van der Waals surface area contributed by atoms with Crippen LogP contribution in [0.3, 0.4) is 0 Å². The van der Waals surface area contributed by atoms with E-state index in [1.807, 2.05) is 6.07 Å². The summed E-state index contributed by atoms with van der Waals surface area (Å²) in [6.07, 6.45) is 5.99. The standard InChI is InChI=1S/C20H15N3O3/c1-25-18-10-16(6-7-17(18)19-12-22-13-26-19)23-20(24)8-5-14-3-2-4-15(9-14)11-21/h2-10,12-13H,1H3,(H,23,24). The van der Waals surface area contributed by atoms with Gasteiger partial charge < -0.3 is 14.5 Å². The van der Waals surface area contributed by atoms with Gasteiger partial charge >= 0.3 is 0 Å². The second-order valence-electron chi connectivity index (χ2n) is 5.34. The molecular weight excluding hydrogens is 330 g/mol. The highest BCUT2D eigenvalue weighted by Gasteiger charge is 2.10. The highest BCUT2D eigenvalue weighted by atomic mass is 16.5. The van der Waals surface area contributed by atoms with E-state index in [0.29, 0.717) is 22.8 Å². The van der Waals surface area contributed by atoms with Crippen molar-refractivity contribution in [2.45, 2.75) is 0 Å². The fraction of sp³-hybridized carbons (Fsp3) is 0.0500. The predicted octanol–water partition coefficient (Wildman–Crippen LogP) is 3.87. The molecule has 1 amide bonds. The third kappa shape index (κ3) is 3.97. The molecule has 1 aromatic heterocycles. The van der Waals surface area contributed by atoms with Gasteiger partial charge in [0.25, 0.3) is 0 Å². The Hall–Kier alpha value is -3.85. The largest absolute Gasteiger partial charge is 0.496 e. The van der Waals surface area contributed by atoms with Crippen molar-refractivity contribution in [2.24, 2.45) is 0 Å². The average molecular weight is 345 g/mol. The zero-order valence-electron chi connectivity index (χ0n) is 14.0. The maximum absolute atomic E-state index is 12.1. The molecule has 0 aliphatic carbocycles. The van der Waals surface area contributed by atoms with Gasteiger partial charge in [0.1, 0.15) is 5.75 Å². The molecule has 0 atom stereocenters. The molecule has 0 fully saturated rings. The molecule has 0 saturated heterocycles. The van der Waals surface area contributed by atoms with Crippen LogP contribution in [-0.4, -0.2) is 18.0 Å². The van der Waals surface area contributed by atoms with Crippen molar-refractivity contribution >= 4 is 17.7 Å². The van der Waals surface area contributed by atoms with E-state index < -0.39 is 0 Å². The second-order valence-corrected chi connectivity index (χ2v) is 5.34. The van der Waals surface area contributed by atoms with Crippen LogP contribution in [0.4, 0.5) is 5.69 Å². The minimum Gasteiger partial charge on any atom is -0.496 e. The Morgan fingerprint density at radius 3 is 2.92 bits per heavy atom. The monoisotopic (exact) mass is 345 g/mol. The number of carbonyl (C=O) groups excluding carboxylic acids is 1. The summed E-state index contributed by atoms with van der Waals surface area (Å²) in [7, 11) is 1.54. The highest BCUT2D eigenvalue weighted by Crippen LogP contribution is 2.32. The van der Waals surface area contributed by atoms with Crippen LogP contribution in [-0.2, 0) is 4.79 Å². The maximum atomic E-state index is 12.1. The van der Waals surface area contributed by atoms with Crippen molar-refractivity contribution < 1.29 is 13.9 Å². The lowest BCUT2D eigenvalue weighted by atomic mass is 10.1. The van der Waals surface area contributed by atoms with Crippen molar-refractivity contribution in [1.82, 2.24) is 4.98 Å². The van der Waals surface area contributed by atoms with Crippen LogP contribution >= 0.6 is 0 Å². The van der Waals surface area contributed by atoms with Gasteiger partial charge in [-0.15, -0.1) is 0 Å². The SMILES string of the molecule is COc1cc(NC(=O)C=Cc2cccc(C#N)c2)ccc1-c1cnco1. The highest BCUT2D eigenvalue weighted by molar-refractivity contribution is 6.02. The second kappa shape index (κ2) is 7.81. The molecule has 0 spiro atoms. The van der Waals surface area contributed by atoms with Gasteiger partial charge in [0.2, 0.25) is 5.91 Å². The molecule has 0 aliphatic heterocycles. The van der Waals surface area contributed by atoms with Gasteiger partial charge in [0, 0.05) is 17.8 Å². The number of nitriles is 1. The molecule has 128 valence electrons. The van der Waals surface area contributed by atoms with E-state index in [4.69, 9.17) is 14.4 Å². The van der Waals surface area contributed by atoms with E-state index in [0.717, 1.165) is 11.1 Å². The third-order valence-corrected chi connectivity index (χ3v) is 3.61. The Labute approximate surface area is 150 Å². The number of carbonyl (C=O) groups is 1. The lowest BCUT2D eigenvalue weighted by Gasteiger charge is -2.09. The Bertz CT molecular complexity index is 986. The summed E-state index contributed by atoms with van der Waals surface area (Å²) < 4.78 is 10.6. The summed E-state index contributed by atoms with van der Waals surface area (Å²) in [6.45, 7) is 0. The Morgan fingerprint density at radius 2 is 2.19 bits per heavy atom. The first kappa shape index (κ1) is 17.0. The summed E-state index contributed by atoms with van der Waals surface area (Å²) in [4.78, 5) is 16.0. The molecule has 0 aliphatic rings. The molecule has 3 rings (SSSR count). The van der Waals surface area contributed by atoms with Crippen LogP contribution in [0.2, 0.25) is 0 Å². The zero-order valence-corrected chi connectivity index (χ0v) is 14.0. The van der Waals surface area contributed by atoms with Crippen molar-refractivity contribution in [3.8, 4) is 23.1 Å². The topological polar surface area (TPSA) is 88.1 Å². The van der Waals surface area contributed by atoms with Crippen molar-refractivity contribution in [3.63, 3.8) is 0 Å². The smallest absolute Gasteiger partial charge is 0.248 e. The van der Waals surface area contributed by atoms with Crippen molar-refractivity contribution in [1.29, 1.82) is 5.26 Å². The number of anilines is 1. The molecule has 6 nitrogen and oxygen atoms in total. The number of benzene rings is 2. The van der Waals surface area contributed by atoms with Crippen LogP contribution in [0, 0.1) is 11.3 Å². The first-order valence-corrected chi connectivity index (χ1v) is 7.76. The Kier molecular flexibility index (Phi) is 5.11. The number of hydrogen-bond donors (Lipinski definition) is 1. The van der Waals surface area contributed by atoms with Gasteiger partial charge in [-0.3, -0.25) is 4.79 Å². The summed E-state index contributed by atoms with van der Waals surface area (Å²) in [6, 6.07) is 14.3. The lowest BCUT2D eigenvalue weighted by Crippen LogP contribution is -2.07. The van der Waals surface area contributed by atoms with Gasteiger partial charge in [-0.05, 0) is 35.9 Å². The fourth-order valence-electron chi connectivity index (χ4n) is 2.39.